The quantitative estimate of drug-likeness (QED) is 0.712. The van der Waals surface area contributed by atoms with Crippen molar-refractivity contribution in [2.75, 3.05) is 32.8 Å². The van der Waals surface area contributed by atoms with Crippen LogP contribution in [0.4, 0.5) is 4.79 Å². The fourth-order valence-corrected chi connectivity index (χ4v) is 3.61. The number of carbonyl (C=O) groups excluding carboxylic acids is 1. The SMILES string of the molecule is CCNCc1cc(Br)c(OCCN2CCNC2=O)c(Br)c1. The third kappa shape index (κ3) is 4.59. The number of nitrogens with zero attached hydrogens (tertiary/aromatic N) is 1. The van der Waals surface area contributed by atoms with Gasteiger partial charge < -0.3 is 20.3 Å². The third-order valence-corrected chi connectivity index (χ3v) is 4.37. The maximum Gasteiger partial charge on any atom is 0.317 e. The Labute approximate surface area is 141 Å². The van der Waals surface area contributed by atoms with Crippen molar-refractivity contribution in [2.45, 2.75) is 13.5 Å². The molecule has 1 heterocycles. The van der Waals surface area contributed by atoms with Gasteiger partial charge in [-0.05, 0) is 56.1 Å². The highest BCUT2D eigenvalue weighted by Gasteiger charge is 2.19. The van der Waals surface area contributed by atoms with Crippen LogP contribution in [0.5, 0.6) is 5.75 Å². The molecule has 2 N–H and O–H groups in total. The van der Waals surface area contributed by atoms with E-state index in [1.54, 1.807) is 4.90 Å². The largest absolute Gasteiger partial charge is 0.489 e. The molecule has 1 aliphatic rings. The van der Waals surface area contributed by atoms with Gasteiger partial charge in [0.25, 0.3) is 0 Å². The minimum absolute atomic E-state index is 0.0160. The molecule has 5 nitrogen and oxygen atoms in total. The Kier molecular flexibility index (Phi) is 6.32. The lowest BCUT2D eigenvalue weighted by molar-refractivity contribution is 0.202. The van der Waals surface area contributed by atoms with Gasteiger partial charge in [-0.15, -0.1) is 0 Å². The highest BCUT2D eigenvalue weighted by atomic mass is 79.9. The van der Waals surface area contributed by atoms with Gasteiger partial charge in [-0.25, -0.2) is 4.79 Å². The standard InChI is InChI=1S/C14H19Br2N3O2/c1-2-17-9-10-7-11(15)13(12(16)8-10)21-6-5-19-4-3-18-14(19)20/h7-8,17H,2-6,9H2,1H3,(H,18,20). The zero-order valence-electron chi connectivity index (χ0n) is 11.9. The average molecular weight is 421 g/mol. The van der Waals surface area contributed by atoms with Crippen LogP contribution in [-0.4, -0.2) is 43.7 Å². The predicted molar refractivity (Wildman–Crippen MR) is 89.7 cm³/mol. The van der Waals surface area contributed by atoms with Crippen LogP contribution in [0.15, 0.2) is 21.1 Å². The first-order chi connectivity index (χ1) is 10.1. The van der Waals surface area contributed by atoms with Crippen LogP contribution in [0.2, 0.25) is 0 Å². The van der Waals surface area contributed by atoms with E-state index in [1.807, 2.05) is 12.1 Å². The molecule has 0 aromatic heterocycles. The minimum Gasteiger partial charge on any atom is -0.489 e. The lowest BCUT2D eigenvalue weighted by Crippen LogP contribution is -2.31. The number of hydrogen-bond donors (Lipinski definition) is 2. The Hall–Kier alpha value is -0.790. The van der Waals surface area contributed by atoms with Crippen molar-refractivity contribution in [2.24, 2.45) is 0 Å². The Bertz CT molecular complexity index is 488. The van der Waals surface area contributed by atoms with E-state index >= 15 is 0 Å². The first-order valence-electron chi connectivity index (χ1n) is 6.96. The molecule has 0 atom stereocenters. The predicted octanol–water partition coefficient (Wildman–Crippen LogP) is 2.73. The molecule has 0 saturated carbocycles. The van der Waals surface area contributed by atoms with Crippen LogP contribution in [0, 0.1) is 0 Å². The Morgan fingerprint density at radius 2 is 2.10 bits per heavy atom. The molecule has 2 amide bonds. The van der Waals surface area contributed by atoms with Crippen molar-refractivity contribution in [1.82, 2.24) is 15.5 Å². The molecule has 1 aliphatic heterocycles. The van der Waals surface area contributed by atoms with Gasteiger partial charge in [0.15, 0.2) is 0 Å². The van der Waals surface area contributed by atoms with Gasteiger partial charge in [0.05, 0.1) is 15.5 Å². The molecule has 0 aliphatic carbocycles. The third-order valence-electron chi connectivity index (χ3n) is 3.19. The summed E-state index contributed by atoms with van der Waals surface area (Å²) in [7, 11) is 0. The summed E-state index contributed by atoms with van der Waals surface area (Å²) in [5, 5.41) is 6.06. The summed E-state index contributed by atoms with van der Waals surface area (Å²) in [6, 6.07) is 4.08. The molecule has 7 heteroatoms. The zero-order valence-corrected chi connectivity index (χ0v) is 15.1. The minimum atomic E-state index is -0.0160. The summed E-state index contributed by atoms with van der Waals surface area (Å²) < 4.78 is 7.63. The van der Waals surface area contributed by atoms with Gasteiger partial charge in [0, 0.05) is 19.6 Å². The number of halogens is 2. The molecule has 0 unspecified atom stereocenters. The van der Waals surface area contributed by atoms with Gasteiger partial charge >= 0.3 is 6.03 Å². The van der Waals surface area contributed by atoms with E-state index < -0.39 is 0 Å². The van der Waals surface area contributed by atoms with Crippen molar-refractivity contribution in [3.05, 3.63) is 26.6 Å². The molecular weight excluding hydrogens is 402 g/mol. The lowest BCUT2D eigenvalue weighted by atomic mass is 10.2. The van der Waals surface area contributed by atoms with E-state index in [0.717, 1.165) is 34.3 Å². The van der Waals surface area contributed by atoms with Gasteiger partial charge in [0.2, 0.25) is 0 Å². The lowest BCUT2D eigenvalue weighted by Gasteiger charge is -2.16. The fraction of sp³-hybridized carbons (Fsp3) is 0.500. The molecule has 0 bridgehead atoms. The molecule has 116 valence electrons. The number of urea groups is 1. The highest BCUT2D eigenvalue weighted by Crippen LogP contribution is 2.34. The van der Waals surface area contributed by atoms with Crippen molar-refractivity contribution in [3.63, 3.8) is 0 Å². The molecule has 1 fully saturated rings. The van der Waals surface area contributed by atoms with E-state index in [-0.39, 0.29) is 6.03 Å². The number of nitrogens with one attached hydrogen (secondary N) is 2. The second kappa shape index (κ2) is 8.00. The highest BCUT2D eigenvalue weighted by molar-refractivity contribution is 9.11. The van der Waals surface area contributed by atoms with Gasteiger partial charge in [0.1, 0.15) is 12.4 Å². The molecule has 0 radical (unpaired) electrons. The fourth-order valence-electron chi connectivity index (χ4n) is 2.10. The first kappa shape index (κ1) is 16.6. The summed E-state index contributed by atoms with van der Waals surface area (Å²) in [5.41, 5.74) is 1.18. The number of carbonyl (C=O) groups is 1. The summed E-state index contributed by atoms with van der Waals surface area (Å²) in [5.74, 6) is 0.773. The van der Waals surface area contributed by atoms with Crippen LogP contribution in [0.1, 0.15) is 12.5 Å². The normalized spacial score (nSPS) is 14.4. The van der Waals surface area contributed by atoms with Gasteiger partial charge in [-0.2, -0.15) is 0 Å². The molecule has 1 aromatic rings. The maximum atomic E-state index is 11.4. The van der Waals surface area contributed by atoms with Crippen molar-refractivity contribution >= 4 is 37.9 Å². The second-order valence-electron chi connectivity index (χ2n) is 4.74. The molecule has 1 aromatic carbocycles. The van der Waals surface area contributed by atoms with E-state index in [2.05, 4.69) is 49.4 Å². The van der Waals surface area contributed by atoms with E-state index in [9.17, 15) is 4.79 Å². The molecule has 0 spiro atoms. The number of ether oxygens (including phenoxy) is 1. The van der Waals surface area contributed by atoms with E-state index in [4.69, 9.17) is 4.74 Å². The topological polar surface area (TPSA) is 53.6 Å². The molecule has 21 heavy (non-hydrogen) atoms. The molecular formula is C14H19Br2N3O2. The monoisotopic (exact) mass is 419 g/mol. The Balaban J connectivity index is 1.91. The average Bonchev–Trinajstić information content (AvgIpc) is 2.85. The summed E-state index contributed by atoms with van der Waals surface area (Å²) in [4.78, 5) is 13.2. The number of rotatable bonds is 7. The second-order valence-corrected chi connectivity index (χ2v) is 6.45. The van der Waals surface area contributed by atoms with Gasteiger partial charge in [-0.3, -0.25) is 0 Å². The van der Waals surface area contributed by atoms with Crippen LogP contribution < -0.4 is 15.4 Å². The van der Waals surface area contributed by atoms with Gasteiger partial charge in [-0.1, -0.05) is 6.92 Å². The molecule has 1 saturated heterocycles. The summed E-state index contributed by atoms with van der Waals surface area (Å²) in [6.45, 7) is 6.35. The summed E-state index contributed by atoms with van der Waals surface area (Å²) >= 11 is 7.08. The Morgan fingerprint density at radius 3 is 2.67 bits per heavy atom. The number of benzene rings is 1. The van der Waals surface area contributed by atoms with Crippen molar-refractivity contribution in [3.8, 4) is 5.75 Å². The number of amides is 2. The first-order valence-corrected chi connectivity index (χ1v) is 8.54. The van der Waals surface area contributed by atoms with E-state index in [0.29, 0.717) is 19.7 Å². The Morgan fingerprint density at radius 1 is 1.38 bits per heavy atom. The molecule has 2 rings (SSSR count). The van der Waals surface area contributed by atoms with Crippen LogP contribution >= 0.6 is 31.9 Å². The van der Waals surface area contributed by atoms with Crippen LogP contribution in [0.25, 0.3) is 0 Å². The smallest absolute Gasteiger partial charge is 0.317 e. The van der Waals surface area contributed by atoms with E-state index in [1.165, 1.54) is 5.56 Å². The maximum absolute atomic E-state index is 11.4. The van der Waals surface area contributed by atoms with Crippen LogP contribution in [-0.2, 0) is 6.54 Å². The van der Waals surface area contributed by atoms with Crippen LogP contribution in [0.3, 0.4) is 0 Å². The van der Waals surface area contributed by atoms with Crippen molar-refractivity contribution < 1.29 is 9.53 Å². The zero-order chi connectivity index (χ0) is 15.2. The summed E-state index contributed by atoms with van der Waals surface area (Å²) in [6.07, 6.45) is 0. The number of hydrogen-bond acceptors (Lipinski definition) is 3. The van der Waals surface area contributed by atoms with Crippen molar-refractivity contribution in [1.29, 1.82) is 0 Å².